The van der Waals surface area contributed by atoms with Gasteiger partial charge in [0.25, 0.3) is 5.91 Å². The van der Waals surface area contributed by atoms with E-state index in [1.165, 1.54) is 0 Å². The van der Waals surface area contributed by atoms with Crippen LogP contribution in [0.5, 0.6) is 0 Å². The number of para-hydroxylation sites is 1. The Morgan fingerprint density at radius 1 is 1.04 bits per heavy atom. The minimum Gasteiger partial charge on any atom is -0.321 e. The maximum atomic E-state index is 13.0. The molecule has 2 aromatic carbocycles. The fourth-order valence-electron chi connectivity index (χ4n) is 3.77. The summed E-state index contributed by atoms with van der Waals surface area (Å²) in [5, 5.41) is 14.6. The minimum atomic E-state index is -0.172. The molecule has 1 amide bonds. The Kier molecular flexibility index (Phi) is 4.01. The van der Waals surface area contributed by atoms with Crippen LogP contribution in [-0.4, -0.2) is 25.9 Å². The Morgan fingerprint density at radius 3 is 2.75 bits per heavy atom. The highest BCUT2D eigenvalue weighted by Gasteiger charge is 2.27. The number of hydrogen-bond donors (Lipinski definition) is 2. The molecule has 2 heterocycles. The van der Waals surface area contributed by atoms with Crippen molar-refractivity contribution in [2.45, 2.75) is 19.3 Å². The maximum Gasteiger partial charge on any atom is 0.276 e. The number of benzene rings is 2. The molecular weight excluding hydrogens is 350 g/mol. The van der Waals surface area contributed by atoms with Crippen LogP contribution in [0.15, 0.2) is 66.9 Å². The third kappa shape index (κ3) is 2.89. The number of nitrogens with one attached hydrogen (secondary N) is 2. The Bertz CT molecular complexity index is 1130. The van der Waals surface area contributed by atoms with Gasteiger partial charge in [-0.25, -0.2) is 4.68 Å². The van der Waals surface area contributed by atoms with Crippen molar-refractivity contribution < 1.29 is 4.79 Å². The normalized spacial score (nSPS) is 12.7. The molecule has 138 valence electrons. The topological polar surface area (TPSA) is 75.6 Å². The number of hydrogen-bond acceptors (Lipinski definition) is 3. The first kappa shape index (κ1) is 16.5. The van der Waals surface area contributed by atoms with Crippen LogP contribution in [-0.2, 0) is 12.8 Å². The fourth-order valence-corrected chi connectivity index (χ4v) is 3.77. The van der Waals surface area contributed by atoms with Crippen molar-refractivity contribution >= 4 is 11.6 Å². The second-order valence-electron chi connectivity index (χ2n) is 6.88. The first-order valence-corrected chi connectivity index (χ1v) is 9.37. The van der Waals surface area contributed by atoms with Gasteiger partial charge in [0.2, 0.25) is 0 Å². The van der Waals surface area contributed by atoms with Crippen molar-refractivity contribution in [3.63, 3.8) is 0 Å². The Morgan fingerprint density at radius 2 is 1.93 bits per heavy atom. The predicted molar refractivity (Wildman–Crippen MR) is 108 cm³/mol. The van der Waals surface area contributed by atoms with Crippen LogP contribution in [0.4, 0.5) is 5.69 Å². The van der Waals surface area contributed by atoms with Crippen LogP contribution in [0.2, 0.25) is 0 Å². The van der Waals surface area contributed by atoms with Crippen molar-refractivity contribution in [3.05, 3.63) is 83.8 Å². The number of rotatable bonds is 4. The maximum absolute atomic E-state index is 13.0. The summed E-state index contributed by atoms with van der Waals surface area (Å²) in [6.07, 6.45) is 4.59. The molecule has 6 nitrogen and oxygen atoms in total. The summed E-state index contributed by atoms with van der Waals surface area (Å²) in [5.74, 6) is -0.172. The van der Waals surface area contributed by atoms with E-state index in [-0.39, 0.29) is 5.91 Å². The van der Waals surface area contributed by atoms with Gasteiger partial charge < -0.3 is 5.32 Å². The molecule has 2 aromatic heterocycles. The average molecular weight is 369 g/mol. The molecule has 0 saturated heterocycles. The van der Waals surface area contributed by atoms with Crippen molar-refractivity contribution in [1.82, 2.24) is 20.0 Å². The number of fused-ring (bicyclic) bond motifs is 1. The first-order valence-electron chi connectivity index (χ1n) is 9.37. The number of carbonyl (C=O) groups is 1. The second-order valence-corrected chi connectivity index (χ2v) is 6.88. The zero-order chi connectivity index (χ0) is 18.9. The first-order chi connectivity index (χ1) is 13.8. The Balaban J connectivity index is 1.46. The molecule has 0 saturated carbocycles. The molecule has 0 aliphatic heterocycles. The van der Waals surface area contributed by atoms with Crippen LogP contribution < -0.4 is 5.32 Å². The number of anilines is 1. The van der Waals surface area contributed by atoms with E-state index in [2.05, 4.69) is 20.6 Å². The highest BCUT2D eigenvalue weighted by atomic mass is 16.2. The summed E-state index contributed by atoms with van der Waals surface area (Å²) in [6.45, 7) is 0. The molecule has 0 bridgehead atoms. The molecule has 0 unspecified atom stereocenters. The highest BCUT2D eigenvalue weighted by Crippen LogP contribution is 2.28. The van der Waals surface area contributed by atoms with Crippen LogP contribution in [0.1, 0.15) is 28.2 Å². The quantitative estimate of drug-likeness (QED) is 0.571. The molecule has 6 heteroatoms. The number of nitrogens with zero attached hydrogens (tertiary/aromatic N) is 3. The van der Waals surface area contributed by atoms with Gasteiger partial charge in [0.1, 0.15) is 0 Å². The average Bonchev–Trinajstić information content (AvgIpc) is 3.46. The standard InChI is InChI=1S/C22H19N5O/c28-22(24-16-7-4-6-15(14-16)19-12-13-23-25-19)21-18-10-5-11-20(18)27(26-21)17-8-2-1-3-9-17/h1-4,6-9,12-14H,5,10-11H2,(H,23,25)(H,24,28). The van der Waals surface area contributed by atoms with Crippen molar-refractivity contribution in [2.75, 3.05) is 5.32 Å². The number of aromatic nitrogens is 4. The number of H-pyrrole nitrogens is 1. The summed E-state index contributed by atoms with van der Waals surface area (Å²) in [7, 11) is 0. The summed E-state index contributed by atoms with van der Waals surface area (Å²) >= 11 is 0. The van der Waals surface area contributed by atoms with Crippen molar-refractivity contribution in [1.29, 1.82) is 0 Å². The van der Waals surface area contributed by atoms with Crippen LogP contribution in [0, 0.1) is 0 Å². The van der Waals surface area contributed by atoms with Crippen LogP contribution >= 0.6 is 0 Å². The Labute approximate surface area is 162 Å². The molecule has 0 spiro atoms. The highest BCUT2D eigenvalue weighted by molar-refractivity contribution is 6.04. The molecule has 5 rings (SSSR count). The van der Waals surface area contributed by atoms with Gasteiger partial charge in [0, 0.05) is 28.7 Å². The molecule has 1 aliphatic rings. The van der Waals surface area contributed by atoms with E-state index < -0.39 is 0 Å². The lowest BCUT2D eigenvalue weighted by molar-refractivity contribution is 0.102. The number of aromatic amines is 1. The smallest absolute Gasteiger partial charge is 0.276 e. The van der Waals surface area contributed by atoms with Gasteiger partial charge in [-0.05, 0) is 49.6 Å². The summed E-state index contributed by atoms with van der Waals surface area (Å²) < 4.78 is 1.91. The molecular formula is C22H19N5O. The minimum absolute atomic E-state index is 0.172. The third-order valence-electron chi connectivity index (χ3n) is 5.08. The SMILES string of the molecule is O=C(Nc1cccc(-c2ccn[nH]2)c1)c1nn(-c2ccccc2)c2c1CCC2. The van der Waals surface area contributed by atoms with Crippen LogP contribution in [0.25, 0.3) is 16.9 Å². The van der Waals surface area contributed by atoms with Crippen molar-refractivity contribution in [3.8, 4) is 16.9 Å². The lowest BCUT2D eigenvalue weighted by Gasteiger charge is -2.07. The van der Waals surface area contributed by atoms with E-state index in [1.807, 2.05) is 65.3 Å². The fraction of sp³-hybridized carbons (Fsp3) is 0.136. The molecule has 0 atom stereocenters. The van der Waals surface area contributed by atoms with Gasteiger partial charge in [-0.15, -0.1) is 0 Å². The molecule has 0 radical (unpaired) electrons. The van der Waals surface area contributed by atoms with E-state index in [9.17, 15) is 4.79 Å². The molecule has 2 N–H and O–H groups in total. The van der Waals surface area contributed by atoms with E-state index in [0.29, 0.717) is 5.69 Å². The molecule has 4 aromatic rings. The second kappa shape index (κ2) is 6.81. The van der Waals surface area contributed by atoms with Gasteiger partial charge in [0.15, 0.2) is 5.69 Å². The van der Waals surface area contributed by atoms with E-state index >= 15 is 0 Å². The zero-order valence-corrected chi connectivity index (χ0v) is 15.2. The van der Waals surface area contributed by atoms with Crippen molar-refractivity contribution in [2.24, 2.45) is 0 Å². The van der Waals surface area contributed by atoms with Gasteiger partial charge in [-0.2, -0.15) is 10.2 Å². The van der Waals surface area contributed by atoms with E-state index in [4.69, 9.17) is 0 Å². The lowest BCUT2D eigenvalue weighted by Crippen LogP contribution is -2.15. The monoisotopic (exact) mass is 369 g/mol. The van der Waals surface area contributed by atoms with Gasteiger partial charge in [-0.3, -0.25) is 9.89 Å². The zero-order valence-electron chi connectivity index (χ0n) is 15.2. The van der Waals surface area contributed by atoms with E-state index in [0.717, 1.165) is 53.2 Å². The largest absolute Gasteiger partial charge is 0.321 e. The Hall–Kier alpha value is -3.67. The predicted octanol–water partition coefficient (Wildman–Crippen LogP) is 4.00. The summed E-state index contributed by atoms with van der Waals surface area (Å²) in [5.41, 5.74) is 6.32. The lowest BCUT2D eigenvalue weighted by atomic mass is 10.1. The van der Waals surface area contributed by atoms with Crippen LogP contribution in [0.3, 0.4) is 0 Å². The molecule has 1 aliphatic carbocycles. The molecule has 0 fully saturated rings. The van der Waals surface area contributed by atoms with Gasteiger partial charge in [0.05, 0.1) is 11.4 Å². The summed E-state index contributed by atoms with van der Waals surface area (Å²) in [6, 6.07) is 19.6. The third-order valence-corrected chi connectivity index (χ3v) is 5.08. The summed E-state index contributed by atoms with van der Waals surface area (Å²) in [4.78, 5) is 13.0. The molecule has 28 heavy (non-hydrogen) atoms. The van der Waals surface area contributed by atoms with Gasteiger partial charge in [-0.1, -0.05) is 30.3 Å². The van der Waals surface area contributed by atoms with E-state index in [1.54, 1.807) is 6.20 Å². The number of amides is 1. The number of carbonyl (C=O) groups excluding carboxylic acids is 1. The van der Waals surface area contributed by atoms with Gasteiger partial charge >= 0.3 is 0 Å².